The van der Waals surface area contributed by atoms with Gasteiger partial charge >= 0.3 is 0 Å². The molecular formula is C17H31N3O3. The predicted molar refractivity (Wildman–Crippen MR) is 88.9 cm³/mol. The van der Waals surface area contributed by atoms with Crippen molar-refractivity contribution in [1.29, 1.82) is 0 Å². The molecule has 0 unspecified atom stereocenters. The van der Waals surface area contributed by atoms with E-state index in [4.69, 9.17) is 0 Å². The van der Waals surface area contributed by atoms with E-state index in [-0.39, 0.29) is 23.9 Å². The Kier molecular flexibility index (Phi) is 6.41. The second-order valence-electron chi connectivity index (χ2n) is 7.26. The highest BCUT2D eigenvalue weighted by molar-refractivity contribution is 5.82. The standard InChI is InChI=1S/C17H31N3O3/c1-12(2)4-5-16(22)19-8-6-13(7-9-19)20-11-14(21)10-15(20)17(23)18-3/h12-15,21H,4-11H2,1-3H3,(H,18,23)/t14-,15+/m1/s1. The molecule has 0 aromatic rings. The van der Waals surface area contributed by atoms with E-state index in [2.05, 4.69) is 24.1 Å². The summed E-state index contributed by atoms with van der Waals surface area (Å²) in [6.45, 7) is 6.35. The Hall–Kier alpha value is -1.14. The molecule has 0 aliphatic carbocycles. The molecule has 2 N–H and O–H groups in total. The van der Waals surface area contributed by atoms with E-state index >= 15 is 0 Å². The van der Waals surface area contributed by atoms with Gasteiger partial charge in [0.1, 0.15) is 0 Å². The van der Waals surface area contributed by atoms with Gasteiger partial charge in [0, 0.05) is 39.1 Å². The Balaban J connectivity index is 1.86. The van der Waals surface area contributed by atoms with Crippen LogP contribution in [0.5, 0.6) is 0 Å². The first-order valence-electron chi connectivity index (χ1n) is 8.85. The highest BCUT2D eigenvalue weighted by atomic mass is 16.3. The first-order chi connectivity index (χ1) is 10.9. The van der Waals surface area contributed by atoms with Crippen LogP contribution in [0.3, 0.4) is 0 Å². The third kappa shape index (κ3) is 4.67. The van der Waals surface area contributed by atoms with Gasteiger partial charge in [0.25, 0.3) is 0 Å². The highest BCUT2D eigenvalue weighted by Gasteiger charge is 2.40. The van der Waals surface area contributed by atoms with Gasteiger partial charge in [-0.15, -0.1) is 0 Å². The van der Waals surface area contributed by atoms with Crippen molar-refractivity contribution in [3.05, 3.63) is 0 Å². The summed E-state index contributed by atoms with van der Waals surface area (Å²) in [7, 11) is 1.64. The van der Waals surface area contributed by atoms with Crippen LogP contribution in [0.15, 0.2) is 0 Å². The van der Waals surface area contributed by atoms with Gasteiger partial charge in [-0.2, -0.15) is 0 Å². The fourth-order valence-corrected chi connectivity index (χ4v) is 3.68. The molecule has 2 saturated heterocycles. The molecule has 0 radical (unpaired) electrons. The number of carbonyl (C=O) groups is 2. The summed E-state index contributed by atoms with van der Waals surface area (Å²) in [5.41, 5.74) is 0. The van der Waals surface area contributed by atoms with Gasteiger partial charge < -0.3 is 15.3 Å². The molecule has 0 bridgehead atoms. The Morgan fingerprint density at radius 3 is 2.48 bits per heavy atom. The maximum absolute atomic E-state index is 12.2. The summed E-state index contributed by atoms with van der Waals surface area (Å²) < 4.78 is 0. The van der Waals surface area contributed by atoms with Gasteiger partial charge in [-0.1, -0.05) is 13.8 Å². The summed E-state index contributed by atoms with van der Waals surface area (Å²) in [5, 5.41) is 12.6. The number of likely N-dealkylation sites (N-methyl/N-ethyl adjacent to an activating group) is 1. The van der Waals surface area contributed by atoms with Crippen molar-refractivity contribution >= 4 is 11.8 Å². The van der Waals surface area contributed by atoms with Gasteiger partial charge in [0.2, 0.25) is 11.8 Å². The molecule has 2 heterocycles. The number of carbonyl (C=O) groups excluding carboxylic acids is 2. The van der Waals surface area contributed by atoms with Crippen LogP contribution in [0, 0.1) is 5.92 Å². The summed E-state index contributed by atoms with van der Waals surface area (Å²) in [6, 6.07) is 0.0480. The van der Waals surface area contributed by atoms with Crippen LogP contribution in [-0.4, -0.2) is 71.6 Å². The Morgan fingerprint density at radius 2 is 1.91 bits per heavy atom. The molecule has 0 saturated carbocycles. The molecule has 2 rings (SSSR count). The first kappa shape index (κ1) is 18.2. The number of rotatable bonds is 5. The Bertz CT molecular complexity index is 419. The fourth-order valence-electron chi connectivity index (χ4n) is 3.68. The number of likely N-dealkylation sites (tertiary alicyclic amines) is 2. The molecule has 6 nitrogen and oxygen atoms in total. The van der Waals surface area contributed by atoms with E-state index in [0.29, 0.717) is 25.3 Å². The van der Waals surface area contributed by atoms with Crippen molar-refractivity contribution in [3.8, 4) is 0 Å². The largest absolute Gasteiger partial charge is 0.392 e. The van der Waals surface area contributed by atoms with Gasteiger partial charge in [-0.05, 0) is 31.6 Å². The van der Waals surface area contributed by atoms with E-state index < -0.39 is 6.10 Å². The van der Waals surface area contributed by atoms with Crippen LogP contribution in [0.25, 0.3) is 0 Å². The van der Waals surface area contributed by atoms with Crippen LogP contribution < -0.4 is 5.32 Å². The van der Waals surface area contributed by atoms with Crippen molar-refractivity contribution in [3.63, 3.8) is 0 Å². The number of amides is 2. The average molecular weight is 325 g/mol. The minimum Gasteiger partial charge on any atom is -0.392 e. The normalized spacial score (nSPS) is 26.7. The zero-order chi connectivity index (χ0) is 17.0. The number of nitrogens with one attached hydrogen (secondary N) is 1. The zero-order valence-electron chi connectivity index (χ0n) is 14.6. The molecule has 6 heteroatoms. The summed E-state index contributed by atoms with van der Waals surface area (Å²) in [4.78, 5) is 28.3. The Labute approximate surface area is 139 Å². The lowest BCUT2D eigenvalue weighted by Gasteiger charge is -2.38. The number of aliphatic hydroxyl groups excluding tert-OH is 1. The summed E-state index contributed by atoms with van der Waals surface area (Å²) in [6.07, 6.45) is 3.42. The Morgan fingerprint density at radius 1 is 1.26 bits per heavy atom. The minimum absolute atomic E-state index is 0.0167. The lowest BCUT2D eigenvalue weighted by atomic mass is 10.0. The minimum atomic E-state index is -0.428. The maximum Gasteiger partial charge on any atom is 0.237 e. The molecular weight excluding hydrogens is 294 g/mol. The van der Waals surface area contributed by atoms with E-state index in [0.717, 1.165) is 32.4 Å². The van der Waals surface area contributed by atoms with Crippen molar-refractivity contribution in [1.82, 2.24) is 15.1 Å². The third-order valence-corrected chi connectivity index (χ3v) is 5.09. The van der Waals surface area contributed by atoms with Crippen LogP contribution in [0.4, 0.5) is 0 Å². The maximum atomic E-state index is 12.2. The molecule has 2 aliphatic rings. The molecule has 0 aromatic heterocycles. The van der Waals surface area contributed by atoms with E-state index in [9.17, 15) is 14.7 Å². The van der Waals surface area contributed by atoms with E-state index in [1.165, 1.54) is 0 Å². The predicted octanol–water partition coefficient (Wildman–Crippen LogP) is 0.595. The van der Waals surface area contributed by atoms with Crippen LogP contribution >= 0.6 is 0 Å². The second kappa shape index (κ2) is 8.11. The zero-order valence-corrected chi connectivity index (χ0v) is 14.6. The molecule has 0 aromatic carbocycles. The lowest BCUT2D eigenvalue weighted by molar-refractivity contribution is -0.134. The summed E-state index contributed by atoms with van der Waals surface area (Å²) in [5.74, 6) is 0.786. The van der Waals surface area contributed by atoms with Crippen LogP contribution in [0.1, 0.15) is 46.0 Å². The molecule has 132 valence electrons. The van der Waals surface area contributed by atoms with Crippen molar-refractivity contribution in [2.45, 2.75) is 64.1 Å². The molecule has 2 atom stereocenters. The van der Waals surface area contributed by atoms with E-state index in [1.54, 1.807) is 7.05 Å². The number of hydrogen-bond acceptors (Lipinski definition) is 4. The average Bonchev–Trinajstić information content (AvgIpc) is 2.93. The van der Waals surface area contributed by atoms with E-state index in [1.807, 2.05) is 4.90 Å². The van der Waals surface area contributed by atoms with Gasteiger partial charge in [0.15, 0.2) is 0 Å². The number of piperidine rings is 1. The van der Waals surface area contributed by atoms with Crippen molar-refractivity contribution in [2.24, 2.45) is 5.92 Å². The molecule has 2 fully saturated rings. The number of hydrogen-bond donors (Lipinski definition) is 2. The smallest absolute Gasteiger partial charge is 0.237 e. The van der Waals surface area contributed by atoms with Crippen LogP contribution in [-0.2, 0) is 9.59 Å². The third-order valence-electron chi connectivity index (χ3n) is 5.09. The number of aliphatic hydroxyl groups is 1. The van der Waals surface area contributed by atoms with Gasteiger partial charge in [-0.3, -0.25) is 14.5 Å². The molecule has 23 heavy (non-hydrogen) atoms. The van der Waals surface area contributed by atoms with Crippen molar-refractivity contribution < 1.29 is 14.7 Å². The van der Waals surface area contributed by atoms with Gasteiger partial charge in [-0.25, -0.2) is 0 Å². The quantitative estimate of drug-likeness (QED) is 0.776. The monoisotopic (exact) mass is 325 g/mol. The SMILES string of the molecule is CNC(=O)[C@@H]1C[C@@H](O)CN1C1CCN(C(=O)CCC(C)C)CC1. The lowest BCUT2D eigenvalue weighted by Crippen LogP contribution is -2.51. The number of β-amino-alcohol motifs (C(OH)–C–C–N with tert-alkyl or cyclic N) is 1. The summed E-state index contributed by atoms with van der Waals surface area (Å²) >= 11 is 0. The highest BCUT2D eigenvalue weighted by Crippen LogP contribution is 2.27. The topological polar surface area (TPSA) is 72.9 Å². The van der Waals surface area contributed by atoms with Crippen molar-refractivity contribution in [2.75, 3.05) is 26.7 Å². The first-order valence-corrected chi connectivity index (χ1v) is 8.85. The van der Waals surface area contributed by atoms with Crippen LogP contribution in [0.2, 0.25) is 0 Å². The molecule has 2 amide bonds. The van der Waals surface area contributed by atoms with Gasteiger partial charge in [0.05, 0.1) is 12.1 Å². The number of nitrogens with zero attached hydrogens (tertiary/aromatic N) is 2. The fraction of sp³-hybridized carbons (Fsp3) is 0.882. The molecule has 0 spiro atoms. The second-order valence-corrected chi connectivity index (χ2v) is 7.26. The molecule has 2 aliphatic heterocycles.